The average molecular weight is 256 g/mol. The Labute approximate surface area is 104 Å². The van der Waals surface area contributed by atoms with Crippen LogP contribution in [0.15, 0.2) is 18.2 Å². The van der Waals surface area contributed by atoms with E-state index in [2.05, 4.69) is 12.2 Å². The molecule has 0 saturated carbocycles. The van der Waals surface area contributed by atoms with E-state index < -0.39 is 4.92 Å². The fourth-order valence-corrected chi connectivity index (χ4v) is 2.00. The summed E-state index contributed by atoms with van der Waals surface area (Å²) in [4.78, 5) is 10.3. The van der Waals surface area contributed by atoms with Crippen LogP contribution in [0, 0.1) is 10.1 Å². The summed E-state index contributed by atoms with van der Waals surface area (Å²) >= 11 is 1.84. The van der Waals surface area contributed by atoms with E-state index in [-0.39, 0.29) is 11.4 Å². The first kappa shape index (κ1) is 13.6. The van der Waals surface area contributed by atoms with Crippen molar-refractivity contribution in [2.45, 2.75) is 13.3 Å². The molecule has 0 atom stereocenters. The maximum Gasteiger partial charge on any atom is 0.296 e. The minimum atomic E-state index is -0.497. The van der Waals surface area contributed by atoms with Crippen LogP contribution in [0.25, 0.3) is 0 Å². The Hall–Kier alpha value is -1.43. The number of thioether (sulfide) groups is 1. The van der Waals surface area contributed by atoms with Gasteiger partial charge in [-0.25, -0.2) is 0 Å². The molecule has 17 heavy (non-hydrogen) atoms. The predicted octanol–water partition coefficient (Wildman–Crippen LogP) is 2.86. The first-order valence-corrected chi connectivity index (χ1v) is 6.59. The monoisotopic (exact) mass is 256 g/mol. The summed E-state index contributed by atoms with van der Waals surface area (Å²) in [7, 11) is 0. The second kappa shape index (κ2) is 7.01. The van der Waals surface area contributed by atoms with Gasteiger partial charge in [-0.3, -0.25) is 10.1 Å². The predicted molar refractivity (Wildman–Crippen MR) is 70.9 cm³/mol. The third-order valence-electron chi connectivity index (χ3n) is 2.16. The number of hydrogen-bond acceptors (Lipinski definition) is 5. The molecule has 0 aliphatic heterocycles. The van der Waals surface area contributed by atoms with Gasteiger partial charge in [0.1, 0.15) is 11.4 Å². The lowest BCUT2D eigenvalue weighted by molar-refractivity contribution is -0.384. The minimum Gasteiger partial charge on any atom is -0.508 e. The van der Waals surface area contributed by atoms with E-state index in [1.807, 2.05) is 11.8 Å². The first-order chi connectivity index (χ1) is 8.15. The molecule has 1 aromatic rings. The SMILES string of the molecule is CCSCCCNc1ccc(O)cc1[N+](=O)[O-]. The molecule has 0 radical (unpaired) electrons. The fraction of sp³-hybridized carbons (Fsp3) is 0.455. The molecule has 0 saturated heterocycles. The van der Waals surface area contributed by atoms with Gasteiger partial charge in [0.25, 0.3) is 5.69 Å². The van der Waals surface area contributed by atoms with Crippen molar-refractivity contribution in [1.82, 2.24) is 0 Å². The van der Waals surface area contributed by atoms with Crippen LogP contribution in [0.1, 0.15) is 13.3 Å². The molecular formula is C11H16N2O3S. The van der Waals surface area contributed by atoms with Crippen LogP contribution in [0.4, 0.5) is 11.4 Å². The zero-order chi connectivity index (χ0) is 12.7. The van der Waals surface area contributed by atoms with Gasteiger partial charge in [-0.2, -0.15) is 11.8 Å². The summed E-state index contributed by atoms with van der Waals surface area (Å²) in [5, 5.41) is 23.0. The largest absolute Gasteiger partial charge is 0.508 e. The summed E-state index contributed by atoms with van der Waals surface area (Å²) < 4.78 is 0. The number of anilines is 1. The Morgan fingerprint density at radius 1 is 1.53 bits per heavy atom. The molecule has 1 rings (SSSR count). The Kier molecular flexibility index (Phi) is 5.62. The normalized spacial score (nSPS) is 10.2. The molecule has 0 fully saturated rings. The van der Waals surface area contributed by atoms with E-state index in [1.54, 1.807) is 0 Å². The second-order valence-electron chi connectivity index (χ2n) is 3.44. The van der Waals surface area contributed by atoms with Crippen molar-refractivity contribution >= 4 is 23.1 Å². The number of phenolic OH excluding ortho intramolecular Hbond substituents is 1. The number of nitro benzene ring substituents is 1. The summed E-state index contributed by atoms with van der Waals surface area (Å²) in [6.45, 7) is 2.79. The van der Waals surface area contributed by atoms with Gasteiger partial charge in [-0.15, -0.1) is 0 Å². The number of hydrogen-bond donors (Lipinski definition) is 2. The van der Waals surface area contributed by atoms with Crippen molar-refractivity contribution in [2.75, 3.05) is 23.4 Å². The number of nitrogens with zero attached hydrogens (tertiary/aromatic N) is 1. The van der Waals surface area contributed by atoms with E-state index in [1.165, 1.54) is 12.1 Å². The fourth-order valence-electron chi connectivity index (χ4n) is 1.36. The van der Waals surface area contributed by atoms with Crippen LogP contribution >= 0.6 is 11.8 Å². The highest BCUT2D eigenvalue weighted by Crippen LogP contribution is 2.28. The lowest BCUT2D eigenvalue weighted by Crippen LogP contribution is -2.05. The molecule has 2 N–H and O–H groups in total. The topological polar surface area (TPSA) is 75.4 Å². The Morgan fingerprint density at radius 2 is 2.29 bits per heavy atom. The highest BCUT2D eigenvalue weighted by molar-refractivity contribution is 7.99. The van der Waals surface area contributed by atoms with Crippen molar-refractivity contribution in [2.24, 2.45) is 0 Å². The molecule has 0 heterocycles. The van der Waals surface area contributed by atoms with Gasteiger partial charge in [-0.1, -0.05) is 6.92 Å². The van der Waals surface area contributed by atoms with Crippen molar-refractivity contribution in [3.05, 3.63) is 28.3 Å². The third-order valence-corrected chi connectivity index (χ3v) is 3.15. The standard InChI is InChI=1S/C11H16N2O3S/c1-2-17-7-3-6-12-10-5-4-9(14)8-11(10)13(15)16/h4-5,8,12,14H,2-3,6-7H2,1H3. The van der Waals surface area contributed by atoms with Crippen molar-refractivity contribution in [3.63, 3.8) is 0 Å². The summed E-state index contributed by atoms with van der Waals surface area (Å²) in [5.41, 5.74) is 0.363. The van der Waals surface area contributed by atoms with Crippen LogP contribution in [0.5, 0.6) is 5.75 Å². The Morgan fingerprint density at radius 3 is 2.94 bits per heavy atom. The molecule has 6 heteroatoms. The molecular weight excluding hydrogens is 240 g/mol. The third kappa shape index (κ3) is 4.52. The van der Waals surface area contributed by atoms with Gasteiger partial charge < -0.3 is 10.4 Å². The molecule has 1 aromatic carbocycles. The van der Waals surface area contributed by atoms with Gasteiger partial charge >= 0.3 is 0 Å². The second-order valence-corrected chi connectivity index (χ2v) is 4.83. The summed E-state index contributed by atoms with van der Waals surface area (Å²) in [5.74, 6) is 2.03. The lowest BCUT2D eigenvalue weighted by Gasteiger charge is -2.06. The van der Waals surface area contributed by atoms with Crippen molar-refractivity contribution < 1.29 is 10.0 Å². The van der Waals surface area contributed by atoms with Gasteiger partial charge in [-0.05, 0) is 30.1 Å². The Balaban J connectivity index is 2.55. The average Bonchev–Trinajstić information content (AvgIpc) is 2.30. The van der Waals surface area contributed by atoms with Crippen LogP contribution in [0.3, 0.4) is 0 Å². The number of rotatable bonds is 7. The van der Waals surface area contributed by atoms with E-state index in [0.29, 0.717) is 12.2 Å². The van der Waals surface area contributed by atoms with Crippen molar-refractivity contribution in [1.29, 1.82) is 0 Å². The van der Waals surface area contributed by atoms with Crippen molar-refractivity contribution in [3.8, 4) is 5.75 Å². The molecule has 0 bridgehead atoms. The zero-order valence-corrected chi connectivity index (χ0v) is 10.5. The molecule has 94 valence electrons. The smallest absolute Gasteiger partial charge is 0.296 e. The summed E-state index contributed by atoms with van der Waals surface area (Å²) in [6.07, 6.45) is 0.955. The maximum absolute atomic E-state index is 10.8. The molecule has 0 aliphatic carbocycles. The molecule has 0 spiro atoms. The van der Waals surface area contributed by atoms with E-state index >= 15 is 0 Å². The maximum atomic E-state index is 10.8. The zero-order valence-electron chi connectivity index (χ0n) is 9.68. The van der Waals surface area contributed by atoms with Gasteiger partial charge in [0.15, 0.2) is 0 Å². The minimum absolute atomic E-state index is 0.0897. The molecule has 0 aromatic heterocycles. The number of nitrogens with one attached hydrogen (secondary N) is 1. The quantitative estimate of drug-likeness (QED) is 0.339. The number of nitro groups is 1. The molecule has 0 unspecified atom stereocenters. The molecule has 0 amide bonds. The molecule has 5 nitrogen and oxygen atoms in total. The van der Waals surface area contributed by atoms with Gasteiger partial charge in [0.2, 0.25) is 0 Å². The van der Waals surface area contributed by atoms with Crippen LogP contribution in [-0.4, -0.2) is 28.1 Å². The van der Waals surface area contributed by atoms with Crippen LogP contribution in [0.2, 0.25) is 0 Å². The Bertz CT molecular complexity index is 385. The highest BCUT2D eigenvalue weighted by atomic mass is 32.2. The van der Waals surface area contributed by atoms with Crippen LogP contribution < -0.4 is 5.32 Å². The van der Waals surface area contributed by atoms with E-state index in [9.17, 15) is 15.2 Å². The number of benzene rings is 1. The van der Waals surface area contributed by atoms with E-state index in [4.69, 9.17) is 0 Å². The summed E-state index contributed by atoms with van der Waals surface area (Å²) in [6, 6.07) is 4.12. The van der Waals surface area contributed by atoms with Crippen LogP contribution in [-0.2, 0) is 0 Å². The lowest BCUT2D eigenvalue weighted by atomic mass is 10.2. The first-order valence-electron chi connectivity index (χ1n) is 5.44. The van der Waals surface area contributed by atoms with Gasteiger partial charge in [0, 0.05) is 6.54 Å². The van der Waals surface area contributed by atoms with E-state index in [0.717, 1.165) is 24.0 Å². The number of phenols is 1. The number of aromatic hydroxyl groups is 1. The molecule has 0 aliphatic rings. The highest BCUT2D eigenvalue weighted by Gasteiger charge is 2.13. The van der Waals surface area contributed by atoms with Gasteiger partial charge in [0.05, 0.1) is 11.0 Å².